The molecule has 27 heavy (non-hydrogen) atoms. The lowest BCUT2D eigenvalue weighted by atomic mass is 10.0. The molecular weight excluding hydrogens is 338 g/mol. The van der Waals surface area contributed by atoms with E-state index in [0.717, 1.165) is 29.8 Å². The van der Waals surface area contributed by atoms with Crippen LogP contribution in [0.4, 0.5) is 11.4 Å². The Morgan fingerprint density at radius 1 is 1.04 bits per heavy atom. The Kier molecular flexibility index (Phi) is 7.86. The summed E-state index contributed by atoms with van der Waals surface area (Å²) in [6.45, 7) is 7.08. The van der Waals surface area contributed by atoms with Crippen LogP contribution in [0.1, 0.15) is 55.5 Å². The van der Waals surface area contributed by atoms with Crippen molar-refractivity contribution in [2.75, 3.05) is 23.7 Å². The van der Waals surface area contributed by atoms with Crippen LogP contribution in [-0.4, -0.2) is 24.9 Å². The van der Waals surface area contributed by atoms with Crippen molar-refractivity contribution >= 4 is 23.2 Å². The first-order valence-corrected chi connectivity index (χ1v) is 9.52. The smallest absolute Gasteiger partial charge is 0.251 e. The lowest BCUT2D eigenvalue weighted by molar-refractivity contribution is -0.114. The maximum atomic E-state index is 12.3. The first-order chi connectivity index (χ1) is 13.0. The molecule has 0 unspecified atom stereocenters. The van der Waals surface area contributed by atoms with E-state index in [-0.39, 0.29) is 18.4 Å². The molecule has 0 radical (unpaired) electrons. The topological polar surface area (TPSA) is 70.2 Å². The van der Waals surface area contributed by atoms with Crippen molar-refractivity contribution < 1.29 is 9.59 Å². The molecule has 2 aromatic carbocycles. The quantitative estimate of drug-likeness (QED) is 0.576. The van der Waals surface area contributed by atoms with Gasteiger partial charge in [-0.1, -0.05) is 51.5 Å². The number of para-hydroxylation sites is 1. The van der Waals surface area contributed by atoms with Gasteiger partial charge in [0.05, 0.1) is 6.54 Å². The third kappa shape index (κ3) is 6.44. The fourth-order valence-electron chi connectivity index (χ4n) is 2.74. The summed E-state index contributed by atoms with van der Waals surface area (Å²) in [6, 6.07) is 15.0. The molecule has 2 rings (SSSR count). The average molecular weight is 367 g/mol. The van der Waals surface area contributed by atoms with Crippen molar-refractivity contribution in [2.24, 2.45) is 0 Å². The molecule has 2 aromatic rings. The standard InChI is InChI=1S/C22H29N3O2/c1-4-5-13-23-22(27)17-9-8-10-18(14-17)24-15-21(26)25-20-12-7-6-11-19(20)16(2)3/h6-12,14,16,24H,4-5,13,15H2,1-3H3,(H,23,27)(H,25,26). The maximum absolute atomic E-state index is 12.3. The van der Waals surface area contributed by atoms with Crippen LogP contribution >= 0.6 is 0 Å². The van der Waals surface area contributed by atoms with E-state index in [9.17, 15) is 9.59 Å². The van der Waals surface area contributed by atoms with Crippen LogP contribution in [0, 0.1) is 0 Å². The van der Waals surface area contributed by atoms with E-state index < -0.39 is 0 Å². The molecule has 0 aliphatic carbocycles. The van der Waals surface area contributed by atoms with Crippen molar-refractivity contribution in [3.63, 3.8) is 0 Å². The number of benzene rings is 2. The van der Waals surface area contributed by atoms with Crippen molar-refractivity contribution in [3.05, 3.63) is 59.7 Å². The molecule has 144 valence electrons. The summed E-state index contributed by atoms with van der Waals surface area (Å²) in [7, 11) is 0. The van der Waals surface area contributed by atoms with E-state index in [1.54, 1.807) is 12.1 Å². The van der Waals surface area contributed by atoms with Crippen LogP contribution in [0.5, 0.6) is 0 Å². The van der Waals surface area contributed by atoms with Gasteiger partial charge in [-0.2, -0.15) is 0 Å². The first kappa shape index (κ1) is 20.5. The Hall–Kier alpha value is -2.82. The molecule has 3 N–H and O–H groups in total. The molecule has 2 amide bonds. The van der Waals surface area contributed by atoms with E-state index in [4.69, 9.17) is 0 Å². The van der Waals surface area contributed by atoms with Crippen LogP contribution in [0.15, 0.2) is 48.5 Å². The number of anilines is 2. The van der Waals surface area contributed by atoms with Crippen molar-refractivity contribution in [1.29, 1.82) is 0 Å². The molecule has 0 spiro atoms. The van der Waals surface area contributed by atoms with Gasteiger partial charge in [0.25, 0.3) is 5.91 Å². The summed E-state index contributed by atoms with van der Waals surface area (Å²) in [5, 5.41) is 8.93. The van der Waals surface area contributed by atoms with Crippen LogP contribution < -0.4 is 16.0 Å². The number of rotatable bonds is 9. The van der Waals surface area contributed by atoms with Crippen LogP contribution in [-0.2, 0) is 4.79 Å². The summed E-state index contributed by atoms with van der Waals surface area (Å²) >= 11 is 0. The van der Waals surface area contributed by atoms with E-state index in [2.05, 4.69) is 36.7 Å². The molecule has 5 nitrogen and oxygen atoms in total. The lowest BCUT2D eigenvalue weighted by Gasteiger charge is -2.14. The van der Waals surface area contributed by atoms with Gasteiger partial charge < -0.3 is 16.0 Å². The first-order valence-electron chi connectivity index (χ1n) is 9.52. The van der Waals surface area contributed by atoms with Crippen LogP contribution in [0.25, 0.3) is 0 Å². The second kappa shape index (κ2) is 10.4. The van der Waals surface area contributed by atoms with E-state index in [0.29, 0.717) is 18.0 Å². The zero-order chi connectivity index (χ0) is 19.6. The minimum atomic E-state index is -0.124. The average Bonchev–Trinajstić information content (AvgIpc) is 2.67. The number of hydrogen-bond donors (Lipinski definition) is 3. The molecule has 0 fully saturated rings. The van der Waals surface area contributed by atoms with Gasteiger partial charge in [-0.3, -0.25) is 9.59 Å². The summed E-state index contributed by atoms with van der Waals surface area (Å²) in [4.78, 5) is 24.4. The number of unbranched alkanes of at least 4 members (excludes halogenated alkanes) is 1. The van der Waals surface area contributed by atoms with Gasteiger partial charge in [0.15, 0.2) is 0 Å². The summed E-state index contributed by atoms with van der Waals surface area (Å²) in [5.41, 5.74) is 3.27. The highest BCUT2D eigenvalue weighted by atomic mass is 16.2. The zero-order valence-electron chi connectivity index (χ0n) is 16.3. The van der Waals surface area contributed by atoms with Crippen molar-refractivity contribution in [1.82, 2.24) is 5.32 Å². The summed E-state index contributed by atoms with van der Waals surface area (Å²) in [6.07, 6.45) is 2.00. The van der Waals surface area contributed by atoms with Crippen LogP contribution in [0.3, 0.4) is 0 Å². The molecule has 0 saturated heterocycles. The lowest BCUT2D eigenvalue weighted by Crippen LogP contribution is -2.25. The minimum absolute atomic E-state index is 0.0950. The summed E-state index contributed by atoms with van der Waals surface area (Å²) in [5.74, 6) is 0.112. The number of nitrogens with one attached hydrogen (secondary N) is 3. The SMILES string of the molecule is CCCCNC(=O)c1cccc(NCC(=O)Nc2ccccc2C(C)C)c1. The van der Waals surface area contributed by atoms with Gasteiger partial charge in [0.2, 0.25) is 5.91 Å². The predicted molar refractivity (Wildman–Crippen MR) is 111 cm³/mol. The molecule has 0 saturated carbocycles. The Morgan fingerprint density at radius 3 is 2.56 bits per heavy atom. The molecule has 0 atom stereocenters. The molecular formula is C22H29N3O2. The molecule has 0 aliphatic rings. The van der Waals surface area contributed by atoms with Gasteiger partial charge in [-0.15, -0.1) is 0 Å². The number of carbonyl (C=O) groups is 2. The second-order valence-electron chi connectivity index (χ2n) is 6.83. The van der Waals surface area contributed by atoms with Crippen molar-refractivity contribution in [3.8, 4) is 0 Å². The van der Waals surface area contributed by atoms with E-state index >= 15 is 0 Å². The molecule has 0 heterocycles. The highest BCUT2D eigenvalue weighted by Crippen LogP contribution is 2.23. The fraction of sp³-hybridized carbons (Fsp3) is 0.364. The van der Waals surface area contributed by atoms with Gasteiger partial charge in [0, 0.05) is 23.5 Å². The molecule has 5 heteroatoms. The maximum Gasteiger partial charge on any atom is 0.251 e. The van der Waals surface area contributed by atoms with Gasteiger partial charge in [-0.25, -0.2) is 0 Å². The highest BCUT2D eigenvalue weighted by Gasteiger charge is 2.10. The Labute approximate surface area is 161 Å². The van der Waals surface area contributed by atoms with Gasteiger partial charge in [-0.05, 0) is 42.2 Å². The molecule has 0 bridgehead atoms. The van der Waals surface area contributed by atoms with E-state index in [1.807, 2.05) is 36.4 Å². The Balaban J connectivity index is 1.92. The largest absolute Gasteiger partial charge is 0.376 e. The van der Waals surface area contributed by atoms with E-state index in [1.165, 1.54) is 0 Å². The number of carbonyl (C=O) groups excluding carboxylic acids is 2. The normalized spacial score (nSPS) is 10.5. The summed E-state index contributed by atoms with van der Waals surface area (Å²) < 4.78 is 0. The van der Waals surface area contributed by atoms with Crippen molar-refractivity contribution in [2.45, 2.75) is 39.5 Å². The van der Waals surface area contributed by atoms with Gasteiger partial charge in [0.1, 0.15) is 0 Å². The Morgan fingerprint density at radius 2 is 1.81 bits per heavy atom. The highest BCUT2D eigenvalue weighted by molar-refractivity contribution is 5.96. The predicted octanol–water partition coefficient (Wildman–Crippen LogP) is 4.39. The Bertz CT molecular complexity index is 772. The molecule has 0 aromatic heterocycles. The van der Waals surface area contributed by atoms with Gasteiger partial charge >= 0.3 is 0 Å². The second-order valence-corrected chi connectivity index (χ2v) is 6.83. The molecule has 0 aliphatic heterocycles. The number of amides is 2. The number of hydrogen-bond acceptors (Lipinski definition) is 3. The minimum Gasteiger partial charge on any atom is -0.376 e. The third-order valence-electron chi connectivity index (χ3n) is 4.25. The third-order valence-corrected chi connectivity index (χ3v) is 4.25. The fourth-order valence-corrected chi connectivity index (χ4v) is 2.74. The van der Waals surface area contributed by atoms with Crippen LogP contribution in [0.2, 0.25) is 0 Å². The zero-order valence-corrected chi connectivity index (χ0v) is 16.3. The monoisotopic (exact) mass is 367 g/mol.